The van der Waals surface area contributed by atoms with Crippen LogP contribution in [0.4, 0.5) is 47.8 Å². The number of benzene rings is 9. The number of anilines is 2. The molecular weight excluding hydrogens is 1930 g/mol. The van der Waals surface area contributed by atoms with E-state index in [1.807, 2.05) is 71.5 Å². The molecule has 684 valence electrons. The molecule has 0 saturated heterocycles. The van der Waals surface area contributed by atoms with E-state index in [1.165, 1.54) is 71.6 Å². The van der Waals surface area contributed by atoms with Crippen molar-refractivity contribution in [1.29, 1.82) is 0 Å². The second-order valence-corrected chi connectivity index (χ2v) is 34.8. The molecule has 7 aliphatic heterocycles. The second-order valence-electron chi connectivity index (χ2n) is 30.4. The molecule has 0 fully saturated rings. The van der Waals surface area contributed by atoms with Gasteiger partial charge in [-0.25, -0.2) is 35.9 Å². The topological polar surface area (TPSA) is 342 Å². The number of amides is 1. The first-order valence-corrected chi connectivity index (χ1v) is 45.0. The van der Waals surface area contributed by atoms with Crippen molar-refractivity contribution in [2.75, 3.05) is 11.1 Å². The number of nitro benzene ring substituents is 1. The summed E-state index contributed by atoms with van der Waals surface area (Å²) in [6, 6.07) is 39.1. The first-order valence-electron chi connectivity index (χ1n) is 40.3. The summed E-state index contributed by atoms with van der Waals surface area (Å²) in [5, 5.41) is 61.7. The van der Waals surface area contributed by atoms with Crippen molar-refractivity contribution in [3.63, 3.8) is 0 Å². The Morgan fingerprint density at radius 2 is 0.917 bits per heavy atom. The third-order valence-electron chi connectivity index (χ3n) is 21.6. The lowest BCUT2D eigenvalue weighted by Gasteiger charge is -2.14. The van der Waals surface area contributed by atoms with Crippen LogP contribution in [0, 0.1) is 92.4 Å². The zero-order chi connectivity index (χ0) is 94.6. The molecule has 11 heterocycles. The van der Waals surface area contributed by atoms with E-state index >= 15 is 0 Å². The van der Waals surface area contributed by atoms with E-state index in [-0.39, 0.29) is 71.9 Å². The Labute approximate surface area is 785 Å². The first kappa shape index (κ1) is 97.6. The number of nitrogens with zero attached hydrogens (tertiary/aromatic N) is 9. The number of hydrogen-bond acceptors (Lipinski definition) is 22. The molecule has 6 N–H and O–H groups in total. The van der Waals surface area contributed by atoms with Crippen LogP contribution in [-0.4, -0.2) is 85.0 Å². The number of alkyl halides is 2. The molecule has 0 aliphatic carbocycles. The zero-order valence-corrected chi connectivity index (χ0v) is 77.3. The molecule has 0 spiro atoms. The summed E-state index contributed by atoms with van der Waals surface area (Å²) in [5.41, 5.74) is 23.1. The molecule has 132 heavy (non-hydrogen) atoms. The highest BCUT2D eigenvalue weighted by molar-refractivity contribution is 9.09. The van der Waals surface area contributed by atoms with Crippen molar-refractivity contribution in [2.45, 2.75) is 143 Å². The van der Waals surface area contributed by atoms with E-state index < -0.39 is 63.9 Å². The third-order valence-corrected chi connectivity index (χ3v) is 25.7. The van der Waals surface area contributed by atoms with Gasteiger partial charge in [-0.2, -0.15) is 4.39 Å². The van der Waals surface area contributed by atoms with Gasteiger partial charge in [-0.1, -0.05) is 97.5 Å². The number of ether oxygens (including phenoxy) is 5. The number of fused-ring (bicyclic) bond motifs is 11. The number of aliphatic imine (C=N–C) groups is 2. The largest absolute Gasteiger partial charge is 0.481 e. The van der Waals surface area contributed by atoms with Crippen molar-refractivity contribution in [3.8, 4) is 10.0 Å². The molecule has 9 aromatic carbocycles. The van der Waals surface area contributed by atoms with Crippen LogP contribution in [0.2, 0.25) is 10.0 Å². The van der Waals surface area contributed by atoms with E-state index in [0.717, 1.165) is 127 Å². The molecule has 1 amide bonds. The molecule has 0 radical (unpaired) electrons. The van der Waals surface area contributed by atoms with Crippen molar-refractivity contribution in [2.24, 2.45) is 9.98 Å². The van der Waals surface area contributed by atoms with Crippen molar-refractivity contribution in [1.82, 2.24) is 29.5 Å². The number of carboxylic acids is 1. The quantitative estimate of drug-likeness (QED) is 0.0144. The summed E-state index contributed by atoms with van der Waals surface area (Å²) >= 11 is 22.1. The van der Waals surface area contributed by atoms with Crippen LogP contribution in [0.25, 0.3) is 10.0 Å². The van der Waals surface area contributed by atoms with E-state index in [1.54, 1.807) is 53.0 Å². The predicted octanol–water partition coefficient (Wildman–Crippen LogP) is 20.9. The van der Waals surface area contributed by atoms with Crippen molar-refractivity contribution in [3.05, 3.63) is 363 Å². The number of thiophene rings is 2. The molecular formula is C94H80Br2Cl2F7N11O14S2. The van der Waals surface area contributed by atoms with Crippen LogP contribution in [0.3, 0.4) is 0 Å². The molecule has 25 nitrogen and oxygen atoms in total. The average molecular weight is 2020 g/mol. The Kier molecular flexibility index (Phi) is 32.3. The molecule has 4 aromatic heterocycles. The number of cyclic esters (lactones) is 2. The van der Waals surface area contributed by atoms with Crippen LogP contribution >= 0.6 is 77.7 Å². The predicted molar refractivity (Wildman–Crippen MR) is 489 cm³/mol. The highest BCUT2D eigenvalue weighted by Gasteiger charge is 2.36. The third kappa shape index (κ3) is 22.9. The molecule has 7 aliphatic rings. The summed E-state index contributed by atoms with van der Waals surface area (Å²) in [4.78, 5) is 68.3. The summed E-state index contributed by atoms with van der Waals surface area (Å²) < 4.78 is 119. The van der Waals surface area contributed by atoms with Crippen LogP contribution < -0.4 is 11.1 Å². The summed E-state index contributed by atoms with van der Waals surface area (Å²) in [7, 11) is 0. The summed E-state index contributed by atoms with van der Waals surface area (Å²) in [6.45, 7) is 15.3. The van der Waals surface area contributed by atoms with Crippen molar-refractivity contribution >= 4 is 130 Å². The number of rotatable bonds is 12. The number of halogens is 11. The molecule has 20 rings (SSSR count). The number of carbonyl (C=O) groups is 4. The number of aryl methyl sites for hydroxylation is 4. The number of aliphatic carboxylic acids is 1. The Balaban J connectivity index is 0.000000136. The molecule has 0 bridgehead atoms. The minimum absolute atomic E-state index is 0.000000000000000444. The Morgan fingerprint density at radius 3 is 1.42 bits per heavy atom. The molecule has 13 aromatic rings. The van der Waals surface area contributed by atoms with Crippen LogP contribution in [0.5, 0.6) is 0 Å². The fourth-order valence-electron chi connectivity index (χ4n) is 14.6. The maximum Gasteiger partial charge on any atom is 0.347 e. The van der Waals surface area contributed by atoms with Gasteiger partial charge in [0, 0.05) is 58.8 Å². The van der Waals surface area contributed by atoms with Gasteiger partial charge in [-0.15, -0.1) is 43.1 Å². The zero-order valence-electron chi connectivity index (χ0n) is 71.0. The number of carboxylic acid groups (broad SMARTS) is 1. The number of aliphatic hydroxyl groups is 2. The minimum atomic E-state index is -0.926. The number of nitro groups is 1. The van der Waals surface area contributed by atoms with E-state index in [0.29, 0.717) is 108 Å². The standard InChI is InChI=1S/C27H23ClFN5O2S.C19H17ClN4O2S.C8H7Br2F.C8H6FNO3.C8H8FNO.C8H3FO3.C8H9FO2.C8H7FO/c1-13-14(2)37-27-24(13)25(16-4-6-19(28)7-5-16)31-22(26-33-32-15(3)34(26)27)10-23(35)30-21-9-18-12-36-11-17(18)8-20(21)29;1-9-10(2)27-19-16(9)17(12-4-6-13(20)7-5-12)21-14(8-15(25)26)18-23-22-11(3)24(18)19;9-4-6-1-2-8(11)3-7(6)5-10;9-7-1-5-3-13-4-6(5)2-8(7)10(11)12;9-7-1-5-3-11-4-6(5)2-8(7)10;9-4-1-2-5-6(3-4)8(11)12-7(5)10;9-8-2-1-6(4-10)7(3-8)5-11;9-8-2-1-6-4-10-5-7(6)3-8/h4-9,22H,10-12H2,1-3H3,(H,30,35);4-7,14H,8H2,1-3H3,(H,25,26);1-3H,4-5H2;1-2H,3-4H2;1-2H,3-4,10H2;1-3H;1-3,10-11H,4-5H2;1-3H,4-5H2/t22-;14-;;;;;;/m00....../s1. The number of aliphatic hydroxyl groups excluding tert-OH is 2. The maximum atomic E-state index is 14.7. The van der Waals surface area contributed by atoms with Gasteiger partial charge in [0.2, 0.25) is 11.7 Å². The number of esters is 2. The smallest absolute Gasteiger partial charge is 0.347 e. The number of hydrogen-bond donors (Lipinski definition) is 5. The minimum Gasteiger partial charge on any atom is -0.481 e. The van der Waals surface area contributed by atoms with Gasteiger partial charge < -0.3 is 50.1 Å². The molecule has 0 saturated carbocycles. The first-order chi connectivity index (χ1) is 63.2. The maximum absolute atomic E-state index is 14.7. The molecule has 38 heteroatoms. The fraction of sp³-hybridized carbons (Fsp3) is 0.234. The number of aromatic nitrogens is 6. The lowest BCUT2D eigenvalue weighted by Crippen LogP contribution is -2.18. The van der Waals surface area contributed by atoms with Gasteiger partial charge in [-0.3, -0.25) is 38.8 Å². The summed E-state index contributed by atoms with van der Waals surface area (Å²) in [6.07, 6.45) is -0.183. The monoisotopic (exact) mass is 2010 g/mol. The number of nitrogens with one attached hydrogen (secondary N) is 1. The SMILES string of the molecule is Cc1sc2c(c1C)C(c1ccc(Cl)cc1)=N[C@@H](CC(=O)Nc1cc3c(cc1F)COC3)c1nnc(C)n1-2.Cc1sc2c(c1C)C(c1ccc(Cl)cc1)=N[C@@H](CC(=O)O)c1nnc(C)n1-2.Fc1ccc(CBr)c(CBr)c1.Fc1ccc2c(c1)COC2.Nc1cc2c(cc1F)COC2.O=C1OC(=O)c2cc(F)ccc21.O=[N+]([O-])c1cc2c(cc1F)COC2.OCc1ccc(F)cc1CO. The number of nitrogen functional groups attached to an aromatic ring is 1. The Bertz CT molecular complexity index is 6580. The normalized spacial score (nSPS) is 14.5. The Morgan fingerprint density at radius 1 is 0.500 bits per heavy atom. The lowest BCUT2D eigenvalue weighted by molar-refractivity contribution is -0.387. The van der Waals surface area contributed by atoms with Crippen LogP contribution in [0.15, 0.2) is 168 Å². The van der Waals surface area contributed by atoms with Crippen LogP contribution in [0.1, 0.15) is 179 Å². The van der Waals surface area contributed by atoms with Crippen LogP contribution in [-0.2, 0) is 110 Å². The van der Waals surface area contributed by atoms with Gasteiger partial charge in [0.1, 0.15) is 68.6 Å². The molecule has 0 unspecified atom stereocenters. The van der Waals surface area contributed by atoms with Crippen molar-refractivity contribution < 1.29 is 93.8 Å². The van der Waals surface area contributed by atoms with Gasteiger partial charge in [-0.05, 0) is 229 Å². The van der Waals surface area contributed by atoms with Gasteiger partial charge in [0.25, 0.3) is 0 Å². The van der Waals surface area contributed by atoms with Gasteiger partial charge in [0.05, 0.1) is 118 Å². The van der Waals surface area contributed by atoms with Gasteiger partial charge >= 0.3 is 23.6 Å². The molecule has 2 atom stereocenters. The number of carbonyl (C=O) groups excluding carboxylic acids is 3. The lowest BCUT2D eigenvalue weighted by atomic mass is 9.99. The highest BCUT2D eigenvalue weighted by Crippen LogP contribution is 2.43. The van der Waals surface area contributed by atoms with E-state index in [9.17, 15) is 65.1 Å². The average Bonchev–Trinajstić information content (AvgIpc) is 1.59. The second kappa shape index (κ2) is 43.6. The highest BCUT2D eigenvalue weighted by atomic mass is 79.9. The fourth-order valence-corrected chi connectivity index (χ4v) is 18.3. The van der Waals surface area contributed by atoms with Gasteiger partial charge in [0.15, 0.2) is 11.6 Å². The summed E-state index contributed by atoms with van der Waals surface area (Å²) in [5.74, 6) is -3.18. The number of nitrogens with two attached hydrogens (primary N) is 1. The van der Waals surface area contributed by atoms with E-state index in [4.69, 9.17) is 68.1 Å². The Hall–Kier alpha value is -11.9. The van der Waals surface area contributed by atoms with E-state index in [2.05, 4.69) is 90.0 Å².